The molecule has 0 bridgehead atoms. The highest BCUT2D eigenvalue weighted by Crippen LogP contribution is 2.17. The lowest BCUT2D eigenvalue weighted by molar-refractivity contribution is 0.172. The minimum absolute atomic E-state index is 0.631. The first-order valence-electron chi connectivity index (χ1n) is 9.91. The molecule has 0 aliphatic carbocycles. The lowest BCUT2D eigenvalue weighted by Crippen LogP contribution is -2.31. The van der Waals surface area contributed by atoms with Crippen molar-refractivity contribution in [1.82, 2.24) is 15.3 Å². The van der Waals surface area contributed by atoms with E-state index < -0.39 is 0 Å². The molecule has 0 amide bonds. The largest absolute Gasteiger partial charge is 0.493 e. The van der Waals surface area contributed by atoms with Crippen LogP contribution in [0.1, 0.15) is 18.7 Å². The van der Waals surface area contributed by atoms with Crippen molar-refractivity contribution in [2.75, 3.05) is 39.2 Å². The summed E-state index contributed by atoms with van der Waals surface area (Å²) < 4.78 is 10.8. The van der Waals surface area contributed by atoms with Gasteiger partial charge in [0.15, 0.2) is 5.96 Å². The minimum atomic E-state index is 0.631. The predicted octanol–water partition coefficient (Wildman–Crippen LogP) is 3.60. The molecule has 3 rings (SSSR count). The SMILES string of the molecule is CN=C(NCCCc1nc2ccccc2[nH]1)Nc1cccc(OCCCOC)c1. The summed E-state index contributed by atoms with van der Waals surface area (Å²) in [5, 5.41) is 6.64. The zero-order chi connectivity index (χ0) is 20.3. The maximum absolute atomic E-state index is 5.75. The van der Waals surface area contributed by atoms with Crippen LogP contribution in [-0.2, 0) is 11.2 Å². The standard InChI is InChI=1S/C22H29N5O2/c1-23-22(25-17-8-5-9-18(16-17)29-15-7-14-28-2)24-13-6-12-21-26-19-10-3-4-11-20(19)27-21/h3-5,8-11,16H,6-7,12-15H2,1-2H3,(H,26,27)(H2,23,24,25). The van der Waals surface area contributed by atoms with Crippen molar-refractivity contribution in [3.8, 4) is 5.75 Å². The third-order valence-electron chi connectivity index (χ3n) is 4.40. The number of aromatic amines is 1. The van der Waals surface area contributed by atoms with Crippen molar-refractivity contribution >= 4 is 22.7 Å². The number of nitrogens with one attached hydrogen (secondary N) is 3. The van der Waals surface area contributed by atoms with E-state index >= 15 is 0 Å². The molecule has 1 aromatic heterocycles. The van der Waals surface area contributed by atoms with E-state index in [-0.39, 0.29) is 0 Å². The number of imidazole rings is 1. The van der Waals surface area contributed by atoms with E-state index in [0.29, 0.717) is 13.2 Å². The van der Waals surface area contributed by atoms with Gasteiger partial charge >= 0.3 is 0 Å². The fourth-order valence-electron chi connectivity index (χ4n) is 2.96. The molecule has 0 unspecified atom stereocenters. The first-order chi connectivity index (χ1) is 14.3. The first kappa shape index (κ1) is 20.7. The topological polar surface area (TPSA) is 83.6 Å². The summed E-state index contributed by atoms with van der Waals surface area (Å²) in [4.78, 5) is 12.3. The van der Waals surface area contributed by atoms with Gasteiger partial charge in [0.05, 0.1) is 17.6 Å². The Morgan fingerprint density at radius 1 is 1.10 bits per heavy atom. The third kappa shape index (κ3) is 6.50. The molecule has 1 heterocycles. The van der Waals surface area contributed by atoms with E-state index in [1.165, 1.54) is 0 Å². The van der Waals surface area contributed by atoms with Gasteiger partial charge in [-0.3, -0.25) is 4.99 Å². The summed E-state index contributed by atoms with van der Waals surface area (Å²) in [6.45, 7) is 2.12. The molecule has 7 nitrogen and oxygen atoms in total. The number of para-hydroxylation sites is 2. The quantitative estimate of drug-likeness (QED) is 0.278. The molecular weight excluding hydrogens is 366 g/mol. The Balaban J connectivity index is 1.43. The number of hydrogen-bond donors (Lipinski definition) is 3. The van der Waals surface area contributed by atoms with E-state index in [4.69, 9.17) is 9.47 Å². The molecule has 0 atom stereocenters. The fourth-order valence-corrected chi connectivity index (χ4v) is 2.96. The maximum Gasteiger partial charge on any atom is 0.195 e. The number of aryl methyl sites for hydroxylation is 1. The van der Waals surface area contributed by atoms with Crippen molar-refractivity contribution in [2.24, 2.45) is 4.99 Å². The number of guanidine groups is 1. The van der Waals surface area contributed by atoms with Gasteiger partial charge in [-0.05, 0) is 30.7 Å². The number of fused-ring (bicyclic) bond motifs is 1. The Hall–Kier alpha value is -3.06. The number of hydrogen-bond acceptors (Lipinski definition) is 4. The number of benzene rings is 2. The Bertz CT molecular complexity index is 889. The van der Waals surface area contributed by atoms with Crippen molar-refractivity contribution in [3.63, 3.8) is 0 Å². The molecule has 29 heavy (non-hydrogen) atoms. The van der Waals surface area contributed by atoms with E-state index in [9.17, 15) is 0 Å². The number of aliphatic imine (C=N–C) groups is 1. The van der Waals surface area contributed by atoms with Crippen LogP contribution < -0.4 is 15.4 Å². The van der Waals surface area contributed by atoms with E-state index in [2.05, 4.69) is 25.6 Å². The highest BCUT2D eigenvalue weighted by Gasteiger charge is 2.04. The number of rotatable bonds is 10. The average Bonchev–Trinajstić information content (AvgIpc) is 3.16. The first-order valence-corrected chi connectivity index (χ1v) is 9.91. The highest BCUT2D eigenvalue weighted by molar-refractivity contribution is 5.93. The van der Waals surface area contributed by atoms with Crippen molar-refractivity contribution in [3.05, 3.63) is 54.4 Å². The van der Waals surface area contributed by atoms with Crippen molar-refractivity contribution < 1.29 is 9.47 Å². The van der Waals surface area contributed by atoms with Crippen molar-refractivity contribution in [2.45, 2.75) is 19.3 Å². The maximum atomic E-state index is 5.75. The number of aromatic nitrogens is 2. The fraction of sp³-hybridized carbons (Fsp3) is 0.364. The van der Waals surface area contributed by atoms with E-state index in [0.717, 1.165) is 60.1 Å². The molecule has 154 valence electrons. The molecule has 2 aromatic carbocycles. The monoisotopic (exact) mass is 395 g/mol. The second-order valence-corrected chi connectivity index (χ2v) is 6.65. The zero-order valence-electron chi connectivity index (χ0n) is 17.1. The Morgan fingerprint density at radius 2 is 2.00 bits per heavy atom. The zero-order valence-corrected chi connectivity index (χ0v) is 17.1. The van der Waals surface area contributed by atoms with Crippen LogP contribution in [0.25, 0.3) is 11.0 Å². The Labute approximate surface area is 171 Å². The molecule has 3 aromatic rings. The van der Waals surface area contributed by atoms with Gasteiger partial charge in [0.2, 0.25) is 0 Å². The molecule has 0 saturated heterocycles. The van der Waals surface area contributed by atoms with Gasteiger partial charge in [0.1, 0.15) is 11.6 Å². The van der Waals surface area contributed by atoms with Crippen LogP contribution in [0.5, 0.6) is 5.75 Å². The number of anilines is 1. The summed E-state index contributed by atoms with van der Waals surface area (Å²) in [5.74, 6) is 2.56. The summed E-state index contributed by atoms with van der Waals surface area (Å²) in [6, 6.07) is 16.0. The van der Waals surface area contributed by atoms with E-state index in [1.54, 1.807) is 14.2 Å². The third-order valence-corrected chi connectivity index (χ3v) is 4.40. The lowest BCUT2D eigenvalue weighted by Gasteiger charge is -2.13. The van der Waals surface area contributed by atoms with Gasteiger partial charge in [0.25, 0.3) is 0 Å². The number of H-pyrrole nitrogens is 1. The molecule has 0 radical (unpaired) electrons. The van der Waals surface area contributed by atoms with Gasteiger partial charge in [-0.1, -0.05) is 18.2 Å². The molecule has 0 spiro atoms. The molecule has 7 heteroatoms. The van der Waals surface area contributed by atoms with Crippen LogP contribution in [-0.4, -0.2) is 49.8 Å². The van der Waals surface area contributed by atoms with Crippen LogP contribution in [0.4, 0.5) is 5.69 Å². The van der Waals surface area contributed by atoms with Crippen LogP contribution >= 0.6 is 0 Å². The van der Waals surface area contributed by atoms with Crippen LogP contribution in [0, 0.1) is 0 Å². The van der Waals surface area contributed by atoms with Crippen LogP contribution in [0.15, 0.2) is 53.5 Å². The van der Waals surface area contributed by atoms with Gasteiger partial charge < -0.3 is 25.1 Å². The lowest BCUT2D eigenvalue weighted by atomic mass is 10.3. The number of methoxy groups -OCH3 is 1. The summed E-state index contributed by atoms with van der Waals surface area (Å²) in [7, 11) is 3.46. The molecule has 0 fully saturated rings. The van der Waals surface area contributed by atoms with Gasteiger partial charge in [-0.2, -0.15) is 0 Å². The Morgan fingerprint density at radius 3 is 2.83 bits per heavy atom. The summed E-state index contributed by atoms with van der Waals surface area (Å²) in [5.41, 5.74) is 3.02. The molecule has 3 N–H and O–H groups in total. The number of ether oxygens (including phenoxy) is 2. The second-order valence-electron chi connectivity index (χ2n) is 6.65. The highest BCUT2D eigenvalue weighted by atomic mass is 16.5. The van der Waals surface area contributed by atoms with Gasteiger partial charge in [-0.25, -0.2) is 4.98 Å². The average molecular weight is 396 g/mol. The summed E-state index contributed by atoms with van der Waals surface area (Å²) in [6.07, 6.45) is 2.69. The Kier molecular flexibility index (Phi) is 7.89. The van der Waals surface area contributed by atoms with Crippen LogP contribution in [0.3, 0.4) is 0 Å². The molecular formula is C22H29N5O2. The smallest absolute Gasteiger partial charge is 0.195 e. The molecule has 0 aliphatic heterocycles. The normalized spacial score (nSPS) is 11.6. The van der Waals surface area contributed by atoms with Gasteiger partial charge in [-0.15, -0.1) is 0 Å². The van der Waals surface area contributed by atoms with Crippen LogP contribution in [0.2, 0.25) is 0 Å². The second kappa shape index (κ2) is 11.1. The van der Waals surface area contributed by atoms with E-state index in [1.807, 2.05) is 48.5 Å². The van der Waals surface area contributed by atoms with Crippen molar-refractivity contribution in [1.29, 1.82) is 0 Å². The number of nitrogens with zero attached hydrogens (tertiary/aromatic N) is 2. The van der Waals surface area contributed by atoms with Gasteiger partial charge in [0, 0.05) is 51.9 Å². The summed E-state index contributed by atoms with van der Waals surface area (Å²) >= 11 is 0. The molecule has 0 aliphatic rings. The predicted molar refractivity (Wildman–Crippen MR) is 118 cm³/mol. The minimum Gasteiger partial charge on any atom is -0.493 e. The molecule has 0 saturated carbocycles.